The number of carbonyl (C=O) groups is 2. The predicted molar refractivity (Wildman–Crippen MR) is 114 cm³/mol. The molecule has 4 rings (SSSR count). The van der Waals surface area contributed by atoms with Crippen LogP contribution in [0.25, 0.3) is 11.0 Å². The van der Waals surface area contributed by atoms with Gasteiger partial charge in [0.2, 0.25) is 5.91 Å². The fourth-order valence-corrected chi connectivity index (χ4v) is 3.73. The van der Waals surface area contributed by atoms with E-state index in [0.717, 1.165) is 16.9 Å². The highest BCUT2D eigenvalue weighted by Crippen LogP contribution is 2.21. The van der Waals surface area contributed by atoms with Crippen LogP contribution < -0.4 is 10.1 Å². The molecule has 0 bridgehead atoms. The van der Waals surface area contributed by atoms with Gasteiger partial charge in [0.1, 0.15) is 23.8 Å². The maximum absolute atomic E-state index is 12.5. The van der Waals surface area contributed by atoms with Gasteiger partial charge in [0.25, 0.3) is 0 Å². The Morgan fingerprint density at radius 1 is 1.19 bits per heavy atom. The fraction of sp³-hybridized carbons (Fsp3) is 0.318. The molecule has 1 fully saturated rings. The highest BCUT2D eigenvalue weighted by atomic mass is 16.5. The number of carbonyl (C=O) groups excluding carboxylic acids is 1. The van der Waals surface area contributed by atoms with Crippen molar-refractivity contribution >= 4 is 28.6 Å². The van der Waals surface area contributed by atoms with E-state index < -0.39 is 18.2 Å². The Morgan fingerprint density at radius 3 is 2.65 bits per heavy atom. The summed E-state index contributed by atoms with van der Waals surface area (Å²) in [7, 11) is 1.95. The lowest BCUT2D eigenvalue weighted by molar-refractivity contribution is -0.117. The van der Waals surface area contributed by atoms with Crippen LogP contribution in [0.1, 0.15) is 16.2 Å². The number of hydrogen-bond acceptors (Lipinski definition) is 6. The standard InChI is InChI=1S/C22H24N4O5/c1-13-23-17-9-15(5-8-18(17)25(13)2)24-21(28)12-26-10-19(27)20(11-26)31-16-6-3-14(4-7-16)22(29)30/h3-9,19-20,27H,10-12H2,1-2H3,(H,24,28)(H,29,30)/t19-,20-/m1/s1. The summed E-state index contributed by atoms with van der Waals surface area (Å²) in [5, 5.41) is 22.1. The second kappa shape index (κ2) is 8.37. The van der Waals surface area contributed by atoms with Crippen molar-refractivity contribution in [3.8, 4) is 5.75 Å². The molecule has 1 aliphatic heterocycles. The Morgan fingerprint density at radius 2 is 1.94 bits per heavy atom. The first kappa shape index (κ1) is 20.8. The summed E-state index contributed by atoms with van der Waals surface area (Å²) in [6.45, 7) is 2.74. The number of β-amino-alcohol motifs (C(OH)–C–C–N with tert-alkyl or cyclic N) is 1. The number of nitrogens with zero attached hydrogens (tertiary/aromatic N) is 3. The topological polar surface area (TPSA) is 117 Å². The number of ether oxygens (including phenoxy) is 1. The maximum Gasteiger partial charge on any atom is 0.335 e. The molecule has 2 aromatic carbocycles. The Bertz CT molecular complexity index is 1120. The van der Waals surface area contributed by atoms with Gasteiger partial charge in [0, 0.05) is 25.8 Å². The van der Waals surface area contributed by atoms with Gasteiger partial charge >= 0.3 is 5.97 Å². The van der Waals surface area contributed by atoms with Crippen LogP contribution in [0, 0.1) is 6.92 Å². The van der Waals surface area contributed by atoms with Gasteiger partial charge < -0.3 is 24.8 Å². The van der Waals surface area contributed by atoms with E-state index in [9.17, 15) is 14.7 Å². The van der Waals surface area contributed by atoms with Crippen molar-refractivity contribution in [1.82, 2.24) is 14.5 Å². The molecule has 0 saturated carbocycles. The average molecular weight is 424 g/mol. The summed E-state index contributed by atoms with van der Waals surface area (Å²) in [5.41, 5.74) is 2.64. The number of carboxylic acids is 1. The molecule has 0 radical (unpaired) electrons. The molecule has 0 aliphatic carbocycles. The largest absolute Gasteiger partial charge is 0.486 e. The lowest BCUT2D eigenvalue weighted by atomic mass is 10.2. The Balaban J connectivity index is 1.33. The minimum atomic E-state index is -1.01. The molecule has 3 aromatic rings. The number of aromatic carboxylic acids is 1. The predicted octanol–water partition coefficient (Wildman–Crippen LogP) is 1.64. The number of anilines is 1. The number of imidazole rings is 1. The number of likely N-dealkylation sites (tertiary alicyclic amines) is 1. The van der Waals surface area contributed by atoms with Crippen LogP contribution in [-0.2, 0) is 11.8 Å². The molecular weight excluding hydrogens is 400 g/mol. The number of hydrogen-bond donors (Lipinski definition) is 3. The summed E-state index contributed by atoms with van der Waals surface area (Å²) in [4.78, 5) is 29.7. The van der Waals surface area contributed by atoms with E-state index >= 15 is 0 Å². The van der Waals surface area contributed by atoms with Crippen molar-refractivity contribution in [3.05, 3.63) is 53.9 Å². The lowest BCUT2D eigenvalue weighted by Crippen LogP contribution is -2.33. The summed E-state index contributed by atoms with van der Waals surface area (Å²) in [5.74, 6) is 0.167. The smallest absolute Gasteiger partial charge is 0.335 e. The van der Waals surface area contributed by atoms with Gasteiger partial charge in [0.05, 0.1) is 23.1 Å². The lowest BCUT2D eigenvalue weighted by Gasteiger charge is -2.17. The number of aliphatic hydroxyl groups is 1. The molecular formula is C22H24N4O5. The molecule has 0 unspecified atom stereocenters. The summed E-state index contributed by atoms with van der Waals surface area (Å²) in [6, 6.07) is 11.6. The van der Waals surface area contributed by atoms with Crippen molar-refractivity contribution in [2.75, 3.05) is 25.0 Å². The monoisotopic (exact) mass is 424 g/mol. The van der Waals surface area contributed by atoms with Crippen molar-refractivity contribution < 1.29 is 24.5 Å². The second-order valence-electron chi connectivity index (χ2n) is 7.72. The van der Waals surface area contributed by atoms with Gasteiger partial charge in [-0.3, -0.25) is 9.69 Å². The van der Waals surface area contributed by atoms with Crippen LogP contribution in [0.15, 0.2) is 42.5 Å². The number of rotatable bonds is 6. The van der Waals surface area contributed by atoms with Gasteiger partial charge in [0.15, 0.2) is 0 Å². The number of amides is 1. The molecule has 2 atom stereocenters. The van der Waals surface area contributed by atoms with Crippen LogP contribution in [0.3, 0.4) is 0 Å². The molecule has 1 saturated heterocycles. The molecule has 9 heteroatoms. The Hall–Kier alpha value is -3.43. The first-order valence-corrected chi connectivity index (χ1v) is 9.93. The first-order chi connectivity index (χ1) is 14.8. The van der Waals surface area contributed by atoms with Gasteiger partial charge in [-0.2, -0.15) is 0 Å². The van der Waals surface area contributed by atoms with Crippen LogP contribution in [0.5, 0.6) is 5.75 Å². The minimum Gasteiger partial charge on any atom is -0.486 e. The molecule has 3 N–H and O–H groups in total. The van der Waals surface area contributed by atoms with E-state index in [1.807, 2.05) is 41.6 Å². The van der Waals surface area contributed by atoms with E-state index in [0.29, 0.717) is 24.5 Å². The molecule has 2 heterocycles. The van der Waals surface area contributed by atoms with Gasteiger partial charge in [-0.25, -0.2) is 9.78 Å². The zero-order chi connectivity index (χ0) is 22.1. The Kier molecular flexibility index (Phi) is 5.62. The first-order valence-electron chi connectivity index (χ1n) is 9.93. The van der Waals surface area contributed by atoms with Gasteiger partial charge in [-0.1, -0.05) is 0 Å². The molecule has 9 nitrogen and oxygen atoms in total. The average Bonchev–Trinajstić information content (AvgIpc) is 3.20. The van der Waals surface area contributed by atoms with Crippen LogP contribution in [-0.4, -0.2) is 68.4 Å². The van der Waals surface area contributed by atoms with Gasteiger partial charge in [-0.05, 0) is 49.4 Å². The van der Waals surface area contributed by atoms with E-state index in [1.165, 1.54) is 12.1 Å². The minimum absolute atomic E-state index is 0.119. The highest BCUT2D eigenvalue weighted by Gasteiger charge is 2.34. The molecule has 1 amide bonds. The number of nitrogens with one attached hydrogen (secondary N) is 1. The van der Waals surface area contributed by atoms with Crippen molar-refractivity contribution in [2.24, 2.45) is 7.05 Å². The van der Waals surface area contributed by atoms with Crippen molar-refractivity contribution in [3.63, 3.8) is 0 Å². The number of aliphatic hydroxyl groups excluding tert-OH is 1. The highest BCUT2D eigenvalue weighted by molar-refractivity contribution is 5.94. The summed E-state index contributed by atoms with van der Waals surface area (Å²) < 4.78 is 7.78. The number of fused-ring (bicyclic) bond motifs is 1. The SMILES string of the molecule is Cc1nc2cc(NC(=O)CN3C[C@@H](O)[C@H](Oc4ccc(C(=O)O)cc4)C3)ccc2n1C. The molecule has 162 valence electrons. The second-order valence-corrected chi connectivity index (χ2v) is 7.72. The van der Waals surface area contributed by atoms with Crippen LogP contribution in [0.4, 0.5) is 5.69 Å². The number of aryl methyl sites for hydroxylation is 2. The normalized spacial score (nSPS) is 18.9. The summed E-state index contributed by atoms with van der Waals surface area (Å²) >= 11 is 0. The molecule has 0 spiro atoms. The van der Waals surface area contributed by atoms with Crippen molar-refractivity contribution in [2.45, 2.75) is 19.1 Å². The zero-order valence-electron chi connectivity index (χ0n) is 17.3. The van der Waals surface area contributed by atoms with Crippen LogP contribution >= 0.6 is 0 Å². The number of aromatic nitrogens is 2. The van der Waals surface area contributed by atoms with E-state index in [4.69, 9.17) is 9.84 Å². The number of benzene rings is 2. The fourth-order valence-electron chi connectivity index (χ4n) is 3.73. The van der Waals surface area contributed by atoms with Crippen molar-refractivity contribution in [1.29, 1.82) is 0 Å². The molecule has 1 aliphatic rings. The third-order valence-corrected chi connectivity index (χ3v) is 5.46. The van der Waals surface area contributed by atoms with Gasteiger partial charge in [-0.15, -0.1) is 0 Å². The maximum atomic E-state index is 12.5. The Labute approximate surface area is 178 Å². The van der Waals surface area contributed by atoms with E-state index in [2.05, 4.69) is 10.3 Å². The number of carboxylic acid groups (broad SMARTS) is 1. The third kappa shape index (κ3) is 4.52. The van der Waals surface area contributed by atoms with E-state index in [1.54, 1.807) is 12.1 Å². The molecule has 1 aromatic heterocycles. The quantitative estimate of drug-likeness (QED) is 0.551. The zero-order valence-corrected chi connectivity index (χ0v) is 17.3. The third-order valence-electron chi connectivity index (χ3n) is 5.46. The van der Waals surface area contributed by atoms with E-state index in [-0.39, 0.29) is 18.0 Å². The summed E-state index contributed by atoms with van der Waals surface area (Å²) in [6.07, 6.45) is -1.25. The molecule has 31 heavy (non-hydrogen) atoms. The van der Waals surface area contributed by atoms with Crippen LogP contribution in [0.2, 0.25) is 0 Å².